The first-order valence-electron chi connectivity index (χ1n) is 18.0. The van der Waals surface area contributed by atoms with Gasteiger partial charge in [0.05, 0.1) is 0 Å². The molecule has 14 heteroatoms. The Bertz CT molecular complexity index is 1180. The Kier molecular flexibility index (Phi) is 66.2. The Balaban J connectivity index is -0.000000109. The Labute approximate surface area is 368 Å². The number of ether oxygens (including phenoxy) is 2. The second kappa shape index (κ2) is 55.4. The molecule has 0 saturated carbocycles. The summed E-state index contributed by atoms with van der Waals surface area (Å²) in [5, 5.41) is 32.1. The number of benzene rings is 2. The molecule has 0 atom stereocenters. The summed E-state index contributed by atoms with van der Waals surface area (Å²) in [6.07, 6.45) is 14.9. The second-order valence-corrected chi connectivity index (χ2v) is 10.5. The molecule has 0 saturated heterocycles. The van der Waals surface area contributed by atoms with Crippen molar-refractivity contribution in [3.8, 4) is 0 Å². The standard InChI is InChI=1S/2C11H10O4.C4H4O4.4C4H10.2Sn/c2*12-10(13)6-7-11(14)15-8-9-4-2-1-3-5-9;5-3(6)1-2-4(7)8;4*1-3-4-2;;/h2*1-7H,8H2,(H,12,13);1-2H,(H,5,6)(H,7,8);4*3-4H2,1-2H3;;/b2*7-6+;2-1+;;;;;;. The molecule has 312 valence electrons. The Morgan fingerprint density at radius 2 is 0.589 bits per heavy atom. The number of esters is 2. The molecule has 12 nitrogen and oxygen atoms in total. The molecule has 2 aromatic carbocycles. The van der Waals surface area contributed by atoms with E-state index in [0.29, 0.717) is 12.2 Å². The van der Waals surface area contributed by atoms with Crippen LogP contribution < -0.4 is 0 Å². The summed E-state index contributed by atoms with van der Waals surface area (Å²) in [6, 6.07) is 18.3. The summed E-state index contributed by atoms with van der Waals surface area (Å²) in [5.74, 6) is -6.19. The van der Waals surface area contributed by atoms with Gasteiger partial charge in [-0.25, -0.2) is 28.8 Å². The van der Waals surface area contributed by atoms with Gasteiger partial charge in [-0.1, -0.05) is 167 Å². The van der Waals surface area contributed by atoms with Gasteiger partial charge in [0.2, 0.25) is 0 Å². The predicted octanol–water partition coefficient (Wildman–Crippen LogP) is 8.92. The van der Waals surface area contributed by atoms with E-state index in [0.717, 1.165) is 35.4 Å². The Hall–Kier alpha value is -3.92. The van der Waals surface area contributed by atoms with Crippen LogP contribution in [-0.4, -0.2) is 104 Å². The molecule has 4 N–H and O–H groups in total. The first-order chi connectivity index (χ1) is 25.6. The summed E-state index contributed by atoms with van der Waals surface area (Å²) in [5.41, 5.74) is 1.71. The third-order valence-corrected chi connectivity index (χ3v) is 5.54. The first-order valence-corrected chi connectivity index (χ1v) is 18.0. The largest absolute Gasteiger partial charge is 0.478 e. The third-order valence-electron chi connectivity index (χ3n) is 5.54. The molecule has 0 fully saturated rings. The van der Waals surface area contributed by atoms with Gasteiger partial charge in [0.15, 0.2) is 0 Å². The molecule has 0 unspecified atom stereocenters. The van der Waals surface area contributed by atoms with Crippen LogP contribution in [0.2, 0.25) is 0 Å². The molecule has 0 heterocycles. The van der Waals surface area contributed by atoms with Gasteiger partial charge in [-0.2, -0.15) is 0 Å². The van der Waals surface area contributed by atoms with Gasteiger partial charge >= 0.3 is 35.8 Å². The SMILES string of the molecule is CCCC.CCCC.CCCC.CCCC.O=C(O)/C=C/C(=O)O.O=C(O)/C=C/C(=O)OCc1ccccc1.O=C(O)/C=C/C(=O)OCc1ccccc1.[Sn].[Sn]. The number of aliphatic carboxylic acids is 4. The van der Waals surface area contributed by atoms with E-state index in [9.17, 15) is 28.8 Å². The topological polar surface area (TPSA) is 202 Å². The molecule has 8 radical (unpaired) electrons. The molecule has 2 aromatic rings. The monoisotopic (exact) mass is 1000 g/mol. The van der Waals surface area contributed by atoms with Crippen LogP contribution in [0.4, 0.5) is 0 Å². The van der Waals surface area contributed by atoms with Gasteiger partial charge < -0.3 is 29.9 Å². The maximum absolute atomic E-state index is 10.9. The zero-order valence-electron chi connectivity index (χ0n) is 34.4. The molecule has 0 aliphatic carbocycles. The van der Waals surface area contributed by atoms with Crippen LogP contribution in [0.3, 0.4) is 0 Å². The smallest absolute Gasteiger partial charge is 0.331 e. The normalized spacial score (nSPS) is 8.93. The molecular formula is C42H64O12Sn2. The number of unbranched alkanes of at least 4 members (excludes halogenated alkanes) is 4. The summed E-state index contributed by atoms with van der Waals surface area (Å²) in [4.78, 5) is 61.2. The quantitative estimate of drug-likeness (QED) is 0.0797. The van der Waals surface area contributed by atoms with E-state index in [1.54, 1.807) is 0 Å². The van der Waals surface area contributed by atoms with Crippen molar-refractivity contribution in [1.29, 1.82) is 0 Å². The summed E-state index contributed by atoms with van der Waals surface area (Å²) in [6.45, 7) is 17.7. The van der Waals surface area contributed by atoms with Crippen molar-refractivity contribution in [2.75, 3.05) is 0 Å². The van der Waals surface area contributed by atoms with Crippen molar-refractivity contribution >= 4 is 83.6 Å². The van der Waals surface area contributed by atoms with Gasteiger partial charge in [-0.05, 0) is 11.1 Å². The minimum Gasteiger partial charge on any atom is -0.478 e. The van der Waals surface area contributed by atoms with E-state index in [-0.39, 0.29) is 61.0 Å². The van der Waals surface area contributed by atoms with Crippen molar-refractivity contribution in [3.05, 3.63) is 108 Å². The molecular weight excluding hydrogens is 934 g/mol. The fourth-order valence-electron chi connectivity index (χ4n) is 1.97. The summed E-state index contributed by atoms with van der Waals surface area (Å²) < 4.78 is 9.58. The fourth-order valence-corrected chi connectivity index (χ4v) is 1.97. The summed E-state index contributed by atoms with van der Waals surface area (Å²) in [7, 11) is 0. The first kappa shape index (κ1) is 66.9. The van der Waals surface area contributed by atoms with E-state index in [2.05, 4.69) is 55.4 Å². The van der Waals surface area contributed by atoms with Gasteiger partial charge in [0.1, 0.15) is 13.2 Å². The van der Waals surface area contributed by atoms with E-state index in [4.69, 9.17) is 29.9 Å². The minimum absolute atomic E-state index is 0. The van der Waals surface area contributed by atoms with E-state index < -0.39 is 35.8 Å². The van der Waals surface area contributed by atoms with E-state index in [1.165, 1.54) is 51.4 Å². The molecule has 0 bridgehead atoms. The van der Waals surface area contributed by atoms with Crippen molar-refractivity contribution in [3.63, 3.8) is 0 Å². The van der Waals surface area contributed by atoms with Crippen LogP contribution >= 0.6 is 0 Å². The zero-order chi connectivity index (χ0) is 42.4. The van der Waals surface area contributed by atoms with Crippen LogP contribution in [0.25, 0.3) is 0 Å². The molecule has 0 amide bonds. The number of carboxylic acids is 4. The number of rotatable bonds is 14. The minimum atomic E-state index is -1.26. The predicted molar refractivity (Wildman–Crippen MR) is 224 cm³/mol. The maximum Gasteiger partial charge on any atom is 0.331 e. The molecule has 0 aliphatic heterocycles. The van der Waals surface area contributed by atoms with E-state index >= 15 is 0 Å². The number of hydrogen-bond acceptors (Lipinski definition) is 8. The van der Waals surface area contributed by atoms with Crippen molar-refractivity contribution < 1.29 is 58.7 Å². The van der Waals surface area contributed by atoms with E-state index in [1.807, 2.05) is 60.7 Å². The van der Waals surface area contributed by atoms with Crippen LogP contribution in [0.5, 0.6) is 0 Å². The average molecular weight is 998 g/mol. The Morgan fingerprint density at radius 1 is 0.393 bits per heavy atom. The van der Waals surface area contributed by atoms with Gasteiger partial charge in [0, 0.05) is 84.3 Å². The third kappa shape index (κ3) is 71.5. The number of hydrogen-bond donors (Lipinski definition) is 4. The maximum atomic E-state index is 10.9. The molecule has 0 aliphatic rings. The van der Waals surface area contributed by atoms with Crippen LogP contribution in [0, 0.1) is 0 Å². The summed E-state index contributed by atoms with van der Waals surface area (Å²) >= 11 is 0. The molecule has 2 rings (SSSR count). The number of carbonyl (C=O) groups is 6. The molecule has 0 spiro atoms. The van der Waals surface area contributed by atoms with Gasteiger partial charge in [-0.3, -0.25) is 0 Å². The Morgan fingerprint density at radius 3 is 0.768 bits per heavy atom. The van der Waals surface area contributed by atoms with Gasteiger partial charge in [0.25, 0.3) is 0 Å². The van der Waals surface area contributed by atoms with Gasteiger partial charge in [-0.15, -0.1) is 0 Å². The van der Waals surface area contributed by atoms with Crippen LogP contribution in [-0.2, 0) is 51.5 Å². The number of carboxylic acid groups (broad SMARTS) is 4. The van der Waals surface area contributed by atoms with Crippen molar-refractivity contribution in [1.82, 2.24) is 0 Å². The molecule has 0 aromatic heterocycles. The average Bonchev–Trinajstić information content (AvgIpc) is 3.18. The van der Waals surface area contributed by atoms with Crippen molar-refractivity contribution in [2.24, 2.45) is 0 Å². The van der Waals surface area contributed by atoms with Crippen LogP contribution in [0.1, 0.15) is 118 Å². The van der Waals surface area contributed by atoms with Crippen molar-refractivity contribution in [2.45, 2.75) is 120 Å². The number of carbonyl (C=O) groups excluding carboxylic acids is 2. The second-order valence-electron chi connectivity index (χ2n) is 10.5. The molecule has 56 heavy (non-hydrogen) atoms. The zero-order valence-corrected chi connectivity index (χ0v) is 40.1. The fraction of sp³-hybridized carbons (Fsp3) is 0.429. The van der Waals surface area contributed by atoms with Crippen LogP contribution in [0.15, 0.2) is 97.1 Å².